The van der Waals surface area contributed by atoms with Crippen LogP contribution < -0.4 is 0 Å². The third kappa shape index (κ3) is 5.10. The molecular weight excluding hydrogens is 500 g/mol. The third-order valence-corrected chi connectivity index (χ3v) is 7.92. The van der Waals surface area contributed by atoms with Crippen LogP contribution in [-0.2, 0) is 6.42 Å². The van der Waals surface area contributed by atoms with Crippen molar-refractivity contribution in [2.24, 2.45) is 5.41 Å². The summed E-state index contributed by atoms with van der Waals surface area (Å²) in [5.41, 5.74) is 11.9. The topological polar surface area (TPSA) is 31.0 Å². The van der Waals surface area contributed by atoms with Crippen LogP contribution >= 0.6 is 0 Å². The monoisotopic (exact) mass is 540 g/mol. The van der Waals surface area contributed by atoms with Gasteiger partial charge in [-0.05, 0) is 87.9 Å². The Bertz CT molecular complexity index is 1820. The normalized spacial score (nSPS) is 12.3. The number of imidazole rings is 1. The van der Waals surface area contributed by atoms with Crippen molar-refractivity contribution < 1.29 is 4.42 Å². The molecule has 3 heteroatoms. The van der Waals surface area contributed by atoms with E-state index < -0.39 is 0 Å². The first kappa shape index (κ1) is 27.1. The summed E-state index contributed by atoms with van der Waals surface area (Å²) >= 11 is 0. The lowest BCUT2D eigenvalue weighted by Gasteiger charge is -2.24. The standard InChI is InChI=1S/C38H40N2O/c1-24(2)29-20-28(27-13-9-8-10-14-27)21-30(25(3)4)36(29)40-34-16-12-11-15-33(34)39-37(40)32-23-41-35-18-17-26(19-31(32)35)22-38(5,6)7/h8-21,23-25H,22H2,1-7H3. The van der Waals surface area contributed by atoms with E-state index in [9.17, 15) is 0 Å². The van der Waals surface area contributed by atoms with E-state index >= 15 is 0 Å². The first-order valence-electron chi connectivity index (χ1n) is 14.8. The van der Waals surface area contributed by atoms with Crippen LogP contribution in [0.3, 0.4) is 0 Å². The minimum atomic E-state index is 0.198. The van der Waals surface area contributed by atoms with Crippen LogP contribution in [-0.4, -0.2) is 9.55 Å². The molecule has 0 aliphatic heterocycles. The summed E-state index contributed by atoms with van der Waals surface area (Å²) in [4.78, 5) is 5.27. The highest BCUT2D eigenvalue weighted by atomic mass is 16.3. The van der Waals surface area contributed by atoms with Crippen LogP contribution in [0.5, 0.6) is 0 Å². The van der Waals surface area contributed by atoms with E-state index in [-0.39, 0.29) is 5.41 Å². The molecule has 0 spiro atoms. The Labute approximate surface area is 243 Å². The minimum absolute atomic E-state index is 0.198. The van der Waals surface area contributed by atoms with Crippen molar-refractivity contribution in [3.05, 3.63) is 108 Å². The molecule has 2 aromatic heterocycles. The van der Waals surface area contributed by atoms with Gasteiger partial charge < -0.3 is 4.42 Å². The second-order valence-electron chi connectivity index (χ2n) is 13.2. The zero-order chi connectivity index (χ0) is 28.9. The Hall–Kier alpha value is -4.11. The van der Waals surface area contributed by atoms with Gasteiger partial charge in [0.1, 0.15) is 17.7 Å². The molecule has 0 aliphatic carbocycles. The quantitative estimate of drug-likeness (QED) is 0.210. The average molecular weight is 541 g/mol. The SMILES string of the molecule is CC(C)c1cc(-c2ccccc2)cc(C(C)C)c1-n1c(-c2coc3ccc(CC(C)(C)C)cc23)nc2ccccc21. The Kier molecular flexibility index (Phi) is 6.85. The summed E-state index contributed by atoms with van der Waals surface area (Å²) < 4.78 is 8.55. The maximum Gasteiger partial charge on any atom is 0.149 e. The van der Waals surface area contributed by atoms with Gasteiger partial charge >= 0.3 is 0 Å². The van der Waals surface area contributed by atoms with Crippen molar-refractivity contribution >= 4 is 22.0 Å². The molecule has 0 aliphatic rings. The summed E-state index contributed by atoms with van der Waals surface area (Å²) in [6.45, 7) is 16.0. The number of para-hydroxylation sites is 2. The van der Waals surface area contributed by atoms with Crippen LogP contribution in [0, 0.1) is 5.41 Å². The maximum absolute atomic E-state index is 6.15. The van der Waals surface area contributed by atoms with Crippen molar-refractivity contribution in [2.45, 2.75) is 66.7 Å². The second kappa shape index (κ2) is 10.4. The Morgan fingerprint density at radius 1 is 0.756 bits per heavy atom. The number of benzene rings is 4. The Morgan fingerprint density at radius 2 is 1.41 bits per heavy atom. The summed E-state index contributed by atoms with van der Waals surface area (Å²) in [6, 6.07) is 30.6. The maximum atomic E-state index is 6.15. The van der Waals surface area contributed by atoms with Gasteiger partial charge in [0.15, 0.2) is 0 Å². The fraction of sp³-hybridized carbons (Fsp3) is 0.289. The van der Waals surface area contributed by atoms with E-state index in [1.165, 1.54) is 33.5 Å². The summed E-state index contributed by atoms with van der Waals surface area (Å²) in [7, 11) is 0. The van der Waals surface area contributed by atoms with Gasteiger partial charge in [0.05, 0.1) is 22.3 Å². The number of aromatic nitrogens is 2. The number of hydrogen-bond donors (Lipinski definition) is 0. The lowest BCUT2D eigenvalue weighted by atomic mass is 9.87. The van der Waals surface area contributed by atoms with Crippen molar-refractivity contribution in [3.63, 3.8) is 0 Å². The molecule has 2 heterocycles. The lowest BCUT2D eigenvalue weighted by Crippen LogP contribution is -2.09. The molecule has 41 heavy (non-hydrogen) atoms. The fourth-order valence-corrected chi connectivity index (χ4v) is 6.02. The molecule has 0 amide bonds. The van der Waals surface area contributed by atoms with Gasteiger partial charge in [-0.2, -0.15) is 0 Å². The fourth-order valence-electron chi connectivity index (χ4n) is 6.02. The lowest BCUT2D eigenvalue weighted by molar-refractivity contribution is 0.411. The molecule has 0 saturated carbocycles. The number of rotatable bonds is 6. The van der Waals surface area contributed by atoms with Gasteiger partial charge in [-0.25, -0.2) is 4.98 Å². The van der Waals surface area contributed by atoms with E-state index in [4.69, 9.17) is 9.40 Å². The summed E-state index contributed by atoms with van der Waals surface area (Å²) in [6.07, 6.45) is 2.89. The van der Waals surface area contributed by atoms with E-state index in [2.05, 4.69) is 138 Å². The Morgan fingerprint density at radius 3 is 2.07 bits per heavy atom. The highest BCUT2D eigenvalue weighted by Crippen LogP contribution is 2.41. The molecule has 0 N–H and O–H groups in total. The van der Waals surface area contributed by atoms with E-state index in [0.29, 0.717) is 11.8 Å². The predicted molar refractivity (Wildman–Crippen MR) is 173 cm³/mol. The largest absolute Gasteiger partial charge is 0.464 e. The predicted octanol–water partition coefficient (Wildman–Crippen LogP) is 10.9. The molecule has 3 nitrogen and oxygen atoms in total. The number of furan rings is 1. The number of hydrogen-bond acceptors (Lipinski definition) is 2. The number of fused-ring (bicyclic) bond motifs is 2. The van der Waals surface area contributed by atoms with Crippen molar-refractivity contribution in [3.8, 4) is 28.2 Å². The molecule has 208 valence electrons. The van der Waals surface area contributed by atoms with Crippen LogP contribution in [0.1, 0.15) is 77.0 Å². The molecular formula is C38H40N2O. The van der Waals surface area contributed by atoms with Gasteiger partial charge in [0.2, 0.25) is 0 Å². The number of nitrogens with zero attached hydrogens (tertiary/aromatic N) is 2. The molecule has 0 bridgehead atoms. The minimum Gasteiger partial charge on any atom is -0.464 e. The van der Waals surface area contributed by atoms with Gasteiger partial charge in [-0.3, -0.25) is 4.57 Å². The van der Waals surface area contributed by atoms with Gasteiger partial charge in [-0.1, -0.05) is 97.0 Å². The molecule has 4 aromatic carbocycles. The van der Waals surface area contributed by atoms with Crippen molar-refractivity contribution in [1.29, 1.82) is 0 Å². The van der Waals surface area contributed by atoms with Gasteiger partial charge in [0.25, 0.3) is 0 Å². The molecule has 0 unspecified atom stereocenters. The zero-order valence-corrected chi connectivity index (χ0v) is 25.3. The first-order valence-corrected chi connectivity index (χ1v) is 14.8. The highest BCUT2D eigenvalue weighted by Gasteiger charge is 2.25. The van der Waals surface area contributed by atoms with Crippen molar-refractivity contribution in [1.82, 2.24) is 9.55 Å². The van der Waals surface area contributed by atoms with Crippen LogP contribution in [0.4, 0.5) is 0 Å². The zero-order valence-electron chi connectivity index (χ0n) is 25.3. The van der Waals surface area contributed by atoms with Crippen LogP contribution in [0.25, 0.3) is 50.2 Å². The van der Waals surface area contributed by atoms with E-state index in [1.807, 2.05) is 6.26 Å². The second-order valence-corrected chi connectivity index (χ2v) is 13.2. The first-order chi connectivity index (χ1) is 19.6. The third-order valence-electron chi connectivity index (χ3n) is 7.92. The van der Waals surface area contributed by atoms with E-state index in [0.717, 1.165) is 39.8 Å². The highest BCUT2D eigenvalue weighted by molar-refractivity contribution is 5.96. The van der Waals surface area contributed by atoms with E-state index in [1.54, 1.807) is 0 Å². The molecule has 6 rings (SSSR count). The average Bonchev–Trinajstić information content (AvgIpc) is 3.52. The van der Waals surface area contributed by atoms with Gasteiger partial charge in [-0.15, -0.1) is 0 Å². The molecule has 6 aromatic rings. The summed E-state index contributed by atoms with van der Waals surface area (Å²) in [5, 5.41) is 1.11. The van der Waals surface area contributed by atoms with Gasteiger partial charge in [0, 0.05) is 5.39 Å². The van der Waals surface area contributed by atoms with Crippen LogP contribution in [0.15, 0.2) is 95.6 Å². The summed E-state index contributed by atoms with van der Waals surface area (Å²) in [5.74, 6) is 1.56. The van der Waals surface area contributed by atoms with Crippen LogP contribution in [0.2, 0.25) is 0 Å². The molecule has 0 saturated heterocycles. The molecule has 0 fully saturated rings. The Balaban J connectivity index is 1.67. The smallest absolute Gasteiger partial charge is 0.149 e. The van der Waals surface area contributed by atoms with Crippen molar-refractivity contribution in [2.75, 3.05) is 0 Å². The molecule has 0 radical (unpaired) electrons. The molecule has 0 atom stereocenters.